The molecule has 0 nitrogen and oxygen atoms in total. The van der Waals surface area contributed by atoms with E-state index in [2.05, 4.69) is 76.8 Å². The zero-order valence-corrected chi connectivity index (χ0v) is 15.1. The van der Waals surface area contributed by atoms with E-state index in [-0.39, 0.29) is 0 Å². The van der Waals surface area contributed by atoms with Crippen molar-refractivity contribution in [3.05, 3.63) is 59.7 Å². The monoisotopic (exact) mass is 510 g/mol. The van der Waals surface area contributed by atoms with Gasteiger partial charge in [-0.25, -0.2) is 19.1 Å². The fourth-order valence-corrected chi connectivity index (χ4v) is 0.940. The second-order valence-electron chi connectivity index (χ2n) is 2.98. The van der Waals surface area contributed by atoms with Gasteiger partial charge in [0, 0.05) is 0 Å². The first kappa shape index (κ1) is 15.8. The molecule has 0 saturated carbocycles. The third kappa shape index (κ3) is 11.1. The van der Waals surface area contributed by atoms with Gasteiger partial charge in [-0.15, -0.1) is 0 Å². The van der Waals surface area contributed by atoms with E-state index >= 15 is 0 Å². The molecular formula is C12H14I2Mo-6. The molecule has 0 amide bonds. The molecule has 0 atom stereocenters. The number of halogens is 2. The fourth-order valence-electron chi connectivity index (χ4n) is 0.940. The van der Waals surface area contributed by atoms with E-state index in [1.807, 2.05) is 24.3 Å². The summed E-state index contributed by atoms with van der Waals surface area (Å²) in [5, 5.41) is 0. The molecular weight excluding hydrogens is 494 g/mol. The predicted octanol–water partition coefficient (Wildman–Crippen LogP) is 5.20. The van der Waals surface area contributed by atoms with Crippen LogP contribution >= 0.6 is 38.7 Å². The van der Waals surface area contributed by atoms with Crippen LogP contribution in [-0.2, 0) is 11.2 Å². The van der Waals surface area contributed by atoms with Gasteiger partial charge in [0.1, 0.15) is 0 Å². The Hall–Kier alpha value is 0.848. The van der Waals surface area contributed by atoms with Crippen molar-refractivity contribution in [2.75, 3.05) is 0 Å². The fraction of sp³-hybridized carbons (Fsp3) is 0.167. The molecule has 2 aromatic rings. The Morgan fingerprint density at radius 3 is 1.53 bits per heavy atom. The second kappa shape index (κ2) is 11.3. The van der Waals surface area contributed by atoms with Crippen molar-refractivity contribution in [2.45, 2.75) is 13.8 Å². The Labute approximate surface area is 122 Å². The number of hydrogen-bond donors (Lipinski definition) is 0. The van der Waals surface area contributed by atoms with E-state index < -0.39 is 0 Å². The molecule has 2 aromatic carbocycles. The van der Waals surface area contributed by atoms with Crippen molar-refractivity contribution < 1.29 is 11.2 Å². The Bertz CT molecular complexity index is 266. The van der Waals surface area contributed by atoms with Gasteiger partial charge >= 0.3 is 49.9 Å². The van der Waals surface area contributed by atoms with Crippen LogP contribution in [-0.4, -0.2) is 0 Å². The Kier molecular flexibility index (Phi) is 12.0. The molecule has 0 aliphatic heterocycles. The summed E-state index contributed by atoms with van der Waals surface area (Å²) in [6.45, 7) is 4.17. The van der Waals surface area contributed by atoms with Gasteiger partial charge in [-0.05, 0) is 0 Å². The first-order valence-electron chi connectivity index (χ1n) is 4.46. The zero-order chi connectivity index (χ0) is 11.5. The predicted molar refractivity (Wildman–Crippen MR) is 81.6 cm³/mol. The molecule has 88 valence electrons. The van der Waals surface area contributed by atoms with Gasteiger partial charge in [-0.1, -0.05) is 6.92 Å². The van der Waals surface area contributed by atoms with Gasteiger partial charge in [-0.3, -0.25) is 0 Å². The molecule has 0 aromatic heterocycles. The van der Waals surface area contributed by atoms with E-state index in [1.54, 1.807) is 0 Å². The Morgan fingerprint density at radius 1 is 1.00 bits per heavy atom. The van der Waals surface area contributed by atoms with Crippen LogP contribution in [0.1, 0.15) is 11.1 Å². The van der Waals surface area contributed by atoms with Crippen molar-refractivity contribution in [1.82, 2.24) is 0 Å². The number of rotatable bonds is 0. The molecule has 0 fully saturated rings. The van der Waals surface area contributed by atoms with Gasteiger partial charge in [0.05, 0.1) is 0 Å². The quantitative estimate of drug-likeness (QED) is 0.261. The Morgan fingerprint density at radius 2 is 1.40 bits per heavy atom. The van der Waals surface area contributed by atoms with E-state index in [4.69, 9.17) is 0 Å². The van der Waals surface area contributed by atoms with Crippen LogP contribution < -0.4 is 0 Å². The summed E-state index contributed by atoms with van der Waals surface area (Å²) in [5.41, 5.74) is 2.69. The maximum atomic E-state index is 2.41. The minimum absolute atomic E-state index is 0.410. The first-order chi connectivity index (χ1) is 7.20. The molecule has 0 unspecified atom stereocenters. The maximum absolute atomic E-state index is 2.41. The van der Waals surface area contributed by atoms with E-state index in [9.17, 15) is 0 Å². The standard InChI is InChI=1S/2C6H7.2HI.Mo/c2*1-6-4-2-3-5-6;;;/h2*2-5H,1H3;2*1H;/q-5;-1;;;+2/p-2. The van der Waals surface area contributed by atoms with Gasteiger partial charge in [0.2, 0.25) is 0 Å². The molecule has 0 saturated heterocycles. The van der Waals surface area contributed by atoms with Crippen LogP contribution in [0, 0.1) is 13.8 Å². The zero-order valence-electron chi connectivity index (χ0n) is 8.78. The van der Waals surface area contributed by atoms with Crippen LogP contribution in [0.15, 0.2) is 48.5 Å². The SMILES string of the molecule is C[c-]1[cH-][cH-][cH-][cH-]1.C[c-]1cccc1.[I][Mo][I]. The van der Waals surface area contributed by atoms with Crippen molar-refractivity contribution >= 4 is 38.7 Å². The summed E-state index contributed by atoms with van der Waals surface area (Å²) in [4.78, 5) is 0. The average molecular weight is 508 g/mol. The van der Waals surface area contributed by atoms with Crippen LogP contribution in [0.2, 0.25) is 0 Å². The van der Waals surface area contributed by atoms with E-state index in [1.165, 1.54) is 11.1 Å². The van der Waals surface area contributed by atoms with Crippen LogP contribution in [0.5, 0.6) is 0 Å². The number of aryl methyl sites for hydroxylation is 2. The molecule has 3 heteroatoms. The van der Waals surface area contributed by atoms with Gasteiger partial charge < -0.3 is 29.8 Å². The minimum atomic E-state index is 0.410. The average Bonchev–Trinajstić information content (AvgIpc) is 2.81. The van der Waals surface area contributed by atoms with E-state index in [0.29, 0.717) is 11.2 Å². The Balaban J connectivity index is 0.000000210. The van der Waals surface area contributed by atoms with Crippen LogP contribution in [0.3, 0.4) is 0 Å². The molecule has 0 N–H and O–H groups in total. The summed E-state index contributed by atoms with van der Waals surface area (Å²) in [5.74, 6) is 0. The molecule has 0 aliphatic rings. The molecule has 0 radical (unpaired) electrons. The molecule has 0 bridgehead atoms. The van der Waals surface area contributed by atoms with Gasteiger partial charge in [-0.2, -0.15) is 17.7 Å². The van der Waals surface area contributed by atoms with Crippen molar-refractivity contribution in [1.29, 1.82) is 0 Å². The summed E-state index contributed by atoms with van der Waals surface area (Å²) >= 11 is 5.22. The molecule has 0 spiro atoms. The molecule has 15 heavy (non-hydrogen) atoms. The van der Waals surface area contributed by atoms with E-state index in [0.717, 1.165) is 0 Å². The van der Waals surface area contributed by atoms with Gasteiger partial charge in [0.15, 0.2) is 0 Å². The molecule has 2 rings (SSSR count). The van der Waals surface area contributed by atoms with Crippen molar-refractivity contribution in [3.8, 4) is 0 Å². The van der Waals surface area contributed by atoms with Gasteiger partial charge in [0.25, 0.3) is 0 Å². The van der Waals surface area contributed by atoms with Crippen LogP contribution in [0.4, 0.5) is 0 Å². The second-order valence-corrected chi connectivity index (χ2v) is 18.5. The first-order valence-corrected chi connectivity index (χ1v) is 16.4. The third-order valence-electron chi connectivity index (χ3n) is 1.66. The number of hydrogen-bond acceptors (Lipinski definition) is 0. The van der Waals surface area contributed by atoms with Crippen molar-refractivity contribution in [3.63, 3.8) is 0 Å². The van der Waals surface area contributed by atoms with Crippen molar-refractivity contribution in [2.24, 2.45) is 0 Å². The topological polar surface area (TPSA) is 0 Å². The molecule has 0 heterocycles. The summed E-state index contributed by atoms with van der Waals surface area (Å²) < 4.78 is 0. The summed E-state index contributed by atoms with van der Waals surface area (Å²) in [7, 11) is 0. The summed E-state index contributed by atoms with van der Waals surface area (Å²) in [6.07, 6.45) is 0. The van der Waals surface area contributed by atoms with Crippen LogP contribution in [0.25, 0.3) is 0 Å². The normalized spacial score (nSPS) is 8.27. The third-order valence-corrected chi connectivity index (χ3v) is 1.66. The summed E-state index contributed by atoms with van der Waals surface area (Å²) in [6, 6.07) is 16.5. The molecule has 0 aliphatic carbocycles.